The fraction of sp³-hybridized carbons (Fsp3) is 0.188. The van der Waals surface area contributed by atoms with Gasteiger partial charge >= 0.3 is 6.03 Å². The van der Waals surface area contributed by atoms with E-state index in [1.54, 1.807) is 0 Å². The highest BCUT2D eigenvalue weighted by molar-refractivity contribution is 6.31. The lowest BCUT2D eigenvalue weighted by Crippen LogP contribution is -2.31. The van der Waals surface area contributed by atoms with Crippen LogP contribution >= 0.6 is 11.6 Å². The average Bonchev–Trinajstić information content (AvgIpc) is 2.86. The second-order valence-corrected chi connectivity index (χ2v) is 5.42. The van der Waals surface area contributed by atoms with E-state index in [9.17, 15) is 9.18 Å². The first-order valence-electron chi connectivity index (χ1n) is 6.74. The van der Waals surface area contributed by atoms with E-state index < -0.39 is 5.82 Å². The zero-order chi connectivity index (χ0) is 14.8. The van der Waals surface area contributed by atoms with Crippen LogP contribution in [0.5, 0.6) is 0 Å². The molecule has 2 aromatic rings. The summed E-state index contributed by atoms with van der Waals surface area (Å²) in [6.45, 7) is 0. The van der Waals surface area contributed by atoms with Crippen molar-refractivity contribution in [2.24, 2.45) is 0 Å². The number of anilines is 1. The molecule has 0 heterocycles. The summed E-state index contributed by atoms with van der Waals surface area (Å²) in [5, 5.41) is 5.58. The predicted octanol–water partition coefficient (Wildman–Crippen LogP) is 4.29. The first-order chi connectivity index (χ1) is 10.1. The topological polar surface area (TPSA) is 41.1 Å². The molecule has 2 N–H and O–H groups in total. The lowest BCUT2D eigenvalue weighted by Gasteiger charge is -2.15. The highest BCUT2D eigenvalue weighted by Crippen LogP contribution is 2.30. The summed E-state index contributed by atoms with van der Waals surface area (Å²) >= 11 is 5.69. The van der Waals surface area contributed by atoms with Gasteiger partial charge in [-0.15, -0.1) is 0 Å². The van der Waals surface area contributed by atoms with Gasteiger partial charge in [0.05, 0.1) is 11.1 Å². The van der Waals surface area contributed by atoms with Gasteiger partial charge in [-0.25, -0.2) is 9.18 Å². The number of nitrogens with one attached hydrogen (secondary N) is 2. The van der Waals surface area contributed by atoms with E-state index in [1.165, 1.54) is 23.8 Å². The standard InChI is InChI=1S/C16H14ClFN2O/c17-13-9-11(6-7-14(13)18)19-16(21)20-15-8-5-10-3-1-2-4-12(10)15/h1-4,6-7,9,15H,5,8H2,(H2,19,20,21). The van der Waals surface area contributed by atoms with Crippen molar-refractivity contribution in [3.05, 3.63) is 64.4 Å². The monoisotopic (exact) mass is 304 g/mol. The van der Waals surface area contributed by atoms with Crippen molar-refractivity contribution in [2.75, 3.05) is 5.32 Å². The van der Waals surface area contributed by atoms with E-state index in [-0.39, 0.29) is 17.1 Å². The molecule has 0 bridgehead atoms. The van der Waals surface area contributed by atoms with Crippen molar-refractivity contribution < 1.29 is 9.18 Å². The Kier molecular flexibility index (Phi) is 3.80. The summed E-state index contributed by atoms with van der Waals surface area (Å²) < 4.78 is 13.1. The molecule has 0 radical (unpaired) electrons. The van der Waals surface area contributed by atoms with Gasteiger partial charge in [-0.3, -0.25) is 0 Å². The van der Waals surface area contributed by atoms with Crippen LogP contribution < -0.4 is 10.6 Å². The fourth-order valence-corrected chi connectivity index (χ4v) is 2.79. The van der Waals surface area contributed by atoms with Crippen LogP contribution in [-0.2, 0) is 6.42 Å². The van der Waals surface area contributed by atoms with Crippen molar-refractivity contribution in [1.29, 1.82) is 0 Å². The first-order valence-corrected chi connectivity index (χ1v) is 7.11. The van der Waals surface area contributed by atoms with Crippen LogP contribution in [0.2, 0.25) is 5.02 Å². The maximum atomic E-state index is 13.1. The number of benzene rings is 2. The normalized spacial score (nSPS) is 16.4. The van der Waals surface area contributed by atoms with E-state index in [4.69, 9.17) is 11.6 Å². The van der Waals surface area contributed by atoms with Crippen molar-refractivity contribution in [3.8, 4) is 0 Å². The van der Waals surface area contributed by atoms with Crippen LogP contribution in [0.1, 0.15) is 23.6 Å². The van der Waals surface area contributed by atoms with Crippen LogP contribution in [0.25, 0.3) is 0 Å². The predicted molar refractivity (Wildman–Crippen MR) is 81.1 cm³/mol. The minimum Gasteiger partial charge on any atom is -0.331 e. The lowest BCUT2D eigenvalue weighted by atomic mass is 10.1. The Morgan fingerprint density at radius 2 is 2.05 bits per heavy atom. The third kappa shape index (κ3) is 3.00. The number of amides is 2. The number of carbonyl (C=O) groups is 1. The number of hydrogen-bond acceptors (Lipinski definition) is 1. The minimum absolute atomic E-state index is 0.0112. The highest BCUT2D eigenvalue weighted by Gasteiger charge is 2.23. The quantitative estimate of drug-likeness (QED) is 0.854. The summed E-state index contributed by atoms with van der Waals surface area (Å²) in [6, 6.07) is 11.9. The van der Waals surface area contributed by atoms with Crippen molar-refractivity contribution in [3.63, 3.8) is 0 Å². The van der Waals surface area contributed by atoms with Crippen LogP contribution in [0.15, 0.2) is 42.5 Å². The van der Waals surface area contributed by atoms with Crippen molar-refractivity contribution in [2.45, 2.75) is 18.9 Å². The summed E-state index contributed by atoms with van der Waals surface area (Å²) in [6.07, 6.45) is 1.85. The van der Waals surface area contributed by atoms with Gasteiger partial charge in [-0.05, 0) is 42.2 Å². The molecule has 0 saturated carbocycles. The zero-order valence-electron chi connectivity index (χ0n) is 11.2. The van der Waals surface area contributed by atoms with Gasteiger partial charge in [0.2, 0.25) is 0 Å². The molecule has 2 amide bonds. The van der Waals surface area contributed by atoms with Crippen LogP contribution in [0, 0.1) is 5.82 Å². The molecule has 1 atom stereocenters. The number of halogens is 2. The average molecular weight is 305 g/mol. The van der Waals surface area contributed by atoms with E-state index >= 15 is 0 Å². The first kappa shape index (κ1) is 13.9. The molecule has 3 rings (SSSR count). The van der Waals surface area contributed by atoms with Gasteiger partial charge in [0, 0.05) is 5.69 Å². The van der Waals surface area contributed by atoms with Crippen molar-refractivity contribution in [1.82, 2.24) is 5.32 Å². The summed E-state index contributed by atoms with van der Waals surface area (Å²) in [7, 11) is 0. The van der Waals surface area contributed by atoms with Gasteiger partial charge in [-0.1, -0.05) is 35.9 Å². The molecule has 0 aliphatic heterocycles. The molecule has 0 spiro atoms. The second kappa shape index (κ2) is 5.74. The molecule has 0 fully saturated rings. The third-order valence-corrected chi connectivity index (χ3v) is 3.91. The SMILES string of the molecule is O=C(Nc1ccc(F)c(Cl)c1)NC1CCc2ccccc21. The fourth-order valence-electron chi connectivity index (χ4n) is 2.61. The number of carbonyl (C=O) groups excluding carboxylic acids is 1. The van der Waals surface area contributed by atoms with E-state index in [2.05, 4.69) is 16.7 Å². The molecular weight excluding hydrogens is 291 g/mol. The molecule has 2 aromatic carbocycles. The number of fused-ring (bicyclic) bond motifs is 1. The smallest absolute Gasteiger partial charge is 0.319 e. The molecular formula is C16H14ClFN2O. The lowest BCUT2D eigenvalue weighted by molar-refractivity contribution is 0.248. The van der Waals surface area contributed by atoms with Crippen LogP contribution in [-0.4, -0.2) is 6.03 Å². The Hall–Kier alpha value is -2.07. The molecule has 108 valence electrons. The van der Waals surface area contributed by atoms with Gasteiger partial charge in [0.25, 0.3) is 0 Å². The third-order valence-electron chi connectivity index (χ3n) is 3.62. The van der Waals surface area contributed by atoms with Crippen LogP contribution in [0.4, 0.5) is 14.9 Å². The Bertz CT molecular complexity index is 690. The van der Waals surface area contributed by atoms with Gasteiger partial charge in [-0.2, -0.15) is 0 Å². The number of rotatable bonds is 2. The van der Waals surface area contributed by atoms with E-state index in [0.717, 1.165) is 18.4 Å². The Morgan fingerprint density at radius 1 is 1.24 bits per heavy atom. The molecule has 3 nitrogen and oxygen atoms in total. The summed E-state index contributed by atoms with van der Waals surface area (Å²) in [5.74, 6) is -0.507. The molecule has 0 aromatic heterocycles. The van der Waals surface area contributed by atoms with Gasteiger partial charge in [0.15, 0.2) is 0 Å². The maximum Gasteiger partial charge on any atom is 0.319 e. The van der Waals surface area contributed by atoms with Crippen LogP contribution in [0.3, 0.4) is 0 Å². The highest BCUT2D eigenvalue weighted by atomic mass is 35.5. The van der Waals surface area contributed by atoms with E-state index in [1.807, 2.05) is 18.2 Å². The van der Waals surface area contributed by atoms with E-state index in [0.29, 0.717) is 5.69 Å². The maximum absolute atomic E-state index is 13.1. The van der Waals surface area contributed by atoms with Gasteiger partial charge in [0.1, 0.15) is 5.82 Å². The molecule has 1 aliphatic rings. The Labute approximate surface area is 127 Å². The number of urea groups is 1. The molecule has 0 saturated heterocycles. The number of aryl methyl sites for hydroxylation is 1. The Balaban J connectivity index is 1.66. The minimum atomic E-state index is -0.507. The Morgan fingerprint density at radius 3 is 2.86 bits per heavy atom. The molecule has 1 aliphatic carbocycles. The molecule has 5 heteroatoms. The number of hydrogen-bond donors (Lipinski definition) is 2. The van der Waals surface area contributed by atoms with Gasteiger partial charge < -0.3 is 10.6 Å². The summed E-state index contributed by atoms with van der Waals surface area (Å²) in [4.78, 5) is 12.0. The molecule has 21 heavy (non-hydrogen) atoms. The summed E-state index contributed by atoms with van der Waals surface area (Å²) in [5.41, 5.74) is 2.89. The largest absolute Gasteiger partial charge is 0.331 e. The second-order valence-electron chi connectivity index (χ2n) is 5.02. The zero-order valence-corrected chi connectivity index (χ0v) is 12.0. The molecule has 1 unspecified atom stereocenters. The van der Waals surface area contributed by atoms with Crippen molar-refractivity contribution >= 4 is 23.3 Å².